The van der Waals surface area contributed by atoms with Crippen molar-refractivity contribution in [2.45, 2.75) is 19.8 Å². The van der Waals surface area contributed by atoms with Crippen LogP contribution in [0.1, 0.15) is 25.3 Å². The third-order valence-electron chi connectivity index (χ3n) is 3.64. The van der Waals surface area contributed by atoms with E-state index < -0.39 is 0 Å². The van der Waals surface area contributed by atoms with Gasteiger partial charge >= 0.3 is 0 Å². The van der Waals surface area contributed by atoms with E-state index in [0.29, 0.717) is 5.92 Å². The van der Waals surface area contributed by atoms with E-state index in [9.17, 15) is 0 Å². The van der Waals surface area contributed by atoms with Crippen LogP contribution in [-0.2, 0) is 0 Å². The average molecular weight is 280 g/mol. The van der Waals surface area contributed by atoms with Crippen LogP contribution in [0.3, 0.4) is 0 Å². The fraction of sp³-hybridized carbons (Fsp3) is 0.294. The van der Waals surface area contributed by atoms with E-state index in [4.69, 9.17) is 0 Å². The molecule has 0 saturated carbocycles. The van der Waals surface area contributed by atoms with Crippen LogP contribution in [0.15, 0.2) is 36.4 Å². The summed E-state index contributed by atoms with van der Waals surface area (Å²) in [6, 6.07) is 12.6. The van der Waals surface area contributed by atoms with E-state index in [-0.39, 0.29) is 0 Å². The van der Waals surface area contributed by atoms with Crippen LogP contribution in [0.5, 0.6) is 0 Å². The molecule has 3 rings (SSSR count). The van der Waals surface area contributed by atoms with Crippen molar-refractivity contribution < 1.29 is 0 Å². The molecule has 0 aliphatic heterocycles. The molecule has 0 aliphatic carbocycles. The van der Waals surface area contributed by atoms with Gasteiger partial charge in [0.2, 0.25) is 0 Å². The minimum atomic E-state index is 0.541. The van der Waals surface area contributed by atoms with Crippen molar-refractivity contribution in [3.05, 3.63) is 42.0 Å². The molecule has 2 heterocycles. The third-order valence-corrected chi connectivity index (χ3v) is 3.64. The first kappa shape index (κ1) is 13.6. The summed E-state index contributed by atoms with van der Waals surface area (Å²) in [6.45, 7) is 4.39. The van der Waals surface area contributed by atoms with Crippen LogP contribution in [0.4, 0.5) is 5.82 Å². The smallest absolute Gasteiger partial charge is 0.180 e. The van der Waals surface area contributed by atoms with Gasteiger partial charge in [-0.15, -0.1) is 0 Å². The second kappa shape index (κ2) is 5.20. The van der Waals surface area contributed by atoms with Crippen LogP contribution < -0.4 is 4.90 Å². The number of aromatic nitrogens is 3. The third kappa shape index (κ3) is 2.61. The van der Waals surface area contributed by atoms with Crippen molar-refractivity contribution in [2.75, 3.05) is 19.0 Å². The maximum atomic E-state index is 4.61. The first-order valence-electron chi connectivity index (χ1n) is 7.19. The van der Waals surface area contributed by atoms with E-state index >= 15 is 0 Å². The molecule has 0 spiro atoms. The Kier molecular flexibility index (Phi) is 3.37. The summed E-state index contributed by atoms with van der Waals surface area (Å²) in [4.78, 5) is 14.5. The second-order valence-electron chi connectivity index (χ2n) is 5.80. The van der Waals surface area contributed by atoms with Gasteiger partial charge in [-0.25, -0.2) is 9.97 Å². The normalized spacial score (nSPS) is 11.3. The van der Waals surface area contributed by atoms with Gasteiger partial charge < -0.3 is 9.88 Å². The van der Waals surface area contributed by atoms with Crippen LogP contribution in [-0.4, -0.2) is 29.0 Å². The zero-order valence-electron chi connectivity index (χ0n) is 12.9. The lowest BCUT2D eigenvalue weighted by molar-refractivity contribution is 0.867. The Morgan fingerprint density at radius 3 is 2.29 bits per heavy atom. The molecule has 0 bridgehead atoms. The number of nitrogens with zero attached hydrogens (tertiary/aromatic N) is 3. The topological polar surface area (TPSA) is 44.8 Å². The van der Waals surface area contributed by atoms with Gasteiger partial charge in [-0.05, 0) is 23.6 Å². The van der Waals surface area contributed by atoms with Gasteiger partial charge in [0.25, 0.3) is 0 Å². The molecular weight excluding hydrogens is 260 g/mol. The Bertz CT molecular complexity index is 754. The zero-order chi connectivity index (χ0) is 15.0. The maximum absolute atomic E-state index is 4.61. The van der Waals surface area contributed by atoms with Gasteiger partial charge in [0.05, 0.1) is 5.52 Å². The Labute approximate surface area is 124 Å². The number of aromatic amines is 1. The first-order valence-corrected chi connectivity index (χ1v) is 7.19. The van der Waals surface area contributed by atoms with Crippen molar-refractivity contribution in [2.24, 2.45) is 0 Å². The summed E-state index contributed by atoms with van der Waals surface area (Å²) in [5, 5.41) is 0. The molecule has 3 aromatic rings. The number of rotatable bonds is 3. The molecule has 0 fully saturated rings. The summed E-state index contributed by atoms with van der Waals surface area (Å²) >= 11 is 0. The Morgan fingerprint density at radius 1 is 0.952 bits per heavy atom. The lowest BCUT2D eigenvalue weighted by Crippen LogP contribution is -2.10. The summed E-state index contributed by atoms with van der Waals surface area (Å²) < 4.78 is 0. The highest BCUT2D eigenvalue weighted by molar-refractivity contribution is 5.77. The predicted octanol–water partition coefficient (Wildman–Crippen LogP) is 3.81. The number of pyridine rings is 1. The van der Waals surface area contributed by atoms with Crippen molar-refractivity contribution in [3.8, 4) is 11.4 Å². The van der Waals surface area contributed by atoms with Crippen molar-refractivity contribution in [1.82, 2.24) is 15.0 Å². The van der Waals surface area contributed by atoms with Crippen LogP contribution in [0.25, 0.3) is 22.6 Å². The second-order valence-corrected chi connectivity index (χ2v) is 5.80. The summed E-state index contributed by atoms with van der Waals surface area (Å²) in [7, 11) is 3.96. The van der Waals surface area contributed by atoms with Gasteiger partial charge in [-0.3, -0.25) is 0 Å². The maximum Gasteiger partial charge on any atom is 0.180 e. The van der Waals surface area contributed by atoms with Gasteiger partial charge in [-0.2, -0.15) is 0 Å². The fourth-order valence-electron chi connectivity index (χ4n) is 2.29. The minimum Gasteiger partial charge on any atom is -0.363 e. The molecule has 0 saturated heterocycles. The van der Waals surface area contributed by atoms with Crippen LogP contribution >= 0.6 is 0 Å². The number of hydrogen-bond donors (Lipinski definition) is 1. The first-order chi connectivity index (χ1) is 10.0. The fourth-order valence-corrected chi connectivity index (χ4v) is 2.29. The number of H-pyrrole nitrogens is 1. The molecule has 1 N–H and O–H groups in total. The number of fused-ring (bicyclic) bond motifs is 1. The largest absolute Gasteiger partial charge is 0.363 e. The van der Waals surface area contributed by atoms with Gasteiger partial charge in [-0.1, -0.05) is 38.1 Å². The molecule has 0 aliphatic rings. The van der Waals surface area contributed by atoms with E-state index in [0.717, 1.165) is 28.4 Å². The van der Waals surface area contributed by atoms with E-state index in [1.807, 2.05) is 31.1 Å². The highest BCUT2D eigenvalue weighted by Gasteiger charge is 2.08. The standard InChI is InChI=1S/C17H20N4/c1-11(2)12-5-7-13(8-6-12)16-18-14-9-10-15(21(3)4)19-17(14)20-16/h5-11H,1-4H3,(H,18,19,20). The number of imidazole rings is 1. The van der Waals surface area contributed by atoms with E-state index in [1.54, 1.807) is 0 Å². The Balaban J connectivity index is 2.00. The van der Waals surface area contributed by atoms with Gasteiger partial charge in [0, 0.05) is 19.7 Å². The molecular formula is C17H20N4. The molecule has 2 aromatic heterocycles. The van der Waals surface area contributed by atoms with E-state index in [2.05, 4.69) is 53.1 Å². The predicted molar refractivity (Wildman–Crippen MR) is 87.7 cm³/mol. The summed E-state index contributed by atoms with van der Waals surface area (Å²) in [5.74, 6) is 2.32. The SMILES string of the molecule is CC(C)c1ccc(-c2nc3nc(N(C)C)ccc3[nH]2)cc1. The molecule has 1 aromatic carbocycles. The molecule has 21 heavy (non-hydrogen) atoms. The van der Waals surface area contributed by atoms with Crippen LogP contribution in [0, 0.1) is 0 Å². The molecule has 0 radical (unpaired) electrons. The molecule has 0 atom stereocenters. The Morgan fingerprint density at radius 2 is 1.67 bits per heavy atom. The monoisotopic (exact) mass is 280 g/mol. The quantitative estimate of drug-likeness (QED) is 0.793. The lowest BCUT2D eigenvalue weighted by Gasteiger charge is -2.09. The average Bonchev–Trinajstić information content (AvgIpc) is 2.90. The Hall–Kier alpha value is -2.36. The van der Waals surface area contributed by atoms with Gasteiger partial charge in [0.15, 0.2) is 5.65 Å². The van der Waals surface area contributed by atoms with Crippen molar-refractivity contribution in [1.29, 1.82) is 0 Å². The van der Waals surface area contributed by atoms with Crippen molar-refractivity contribution in [3.63, 3.8) is 0 Å². The highest BCUT2D eigenvalue weighted by Crippen LogP contribution is 2.23. The van der Waals surface area contributed by atoms with Crippen LogP contribution in [0.2, 0.25) is 0 Å². The number of anilines is 1. The molecule has 4 nitrogen and oxygen atoms in total. The highest BCUT2D eigenvalue weighted by atomic mass is 15.1. The van der Waals surface area contributed by atoms with Gasteiger partial charge in [0.1, 0.15) is 11.6 Å². The minimum absolute atomic E-state index is 0.541. The summed E-state index contributed by atoms with van der Waals surface area (Å²) in [5.41, 5.74) is 4.14. The number of nitrogens with one attached hydrogen (secondary N) is 1. The molecule has 108 valence electrons. The molecule has 0 amide bonds. The molecule has 4 heteroatoms. The number of hydrogen-bond acceptors (Lipinski definition) is 3. The van der Waals surface area contributed by atoms with Crippen molar-refractivity contribution >= 4 is 17.0 Å². The molecule has 0 unspecified atom stereocenters. The zero-order valence-corrected chi connectivity index (χ0v) is 12.9. The number of benzene rings is 1. The van der Waals surface area contributed by atoms with E-state index in [1.165, 1.54) is 5.56 Å². The summed E-state index contributed by atoms with van der Waals surface area (Å²) in [6.07, 6.45) is 0. The lowest BCUT2D eigenvalue weighted by atomic mass is 10.0.